The van der Waals surface area contributed by atoms with E-state index in [0.717, 1.165) is 25.1 Å². The number of hydrogen-bond donors (Lipinski definition) is 2. The highest BCUT2D eigenvalue weighted by Gasteiger charge is 2.24. The van der Waals surface area contributed by atoms with Crippen molar-refractivity contribution in [3.8, 4) is 0 Å². The molecule has 2 aromatic carbocycles. The molecule has 1 atom stereocenters. The Balaban J connectivity index is 1.81. The van der Waals surface area contributed by atoms with Crippen molar-refractivity contribution in [3.63, 3.8) is 0 Å². The van der Waals surface area contributed by atoms with Gasteiger partial charge < -0.3 is 15.0 Å². The molecule has 1 unspecified atom stereocenters. The van der Waals surface area contributed by atoms with E-state index in [2.05, 4.69) is 28.1 Å². The lowest BCUT2D eigenvalue weighted by Gasteiger charge is -2.24. The Labute approximate surface area is 134 Å². The Morgan fingerprint density at radius 2 is 1.91 bits per heavy atom. The third kappa shape index (κ3) is 2.54. The number of benzene rings is 2. The minimum Gasteiger partial charge on any atom is -0.395 e. The first-order valence-corrected chi connectivity index (χ1v) is 7.94. The van der Waals surface area contributed by atoms with E-state index in [1.807, 2.05) is 18.2 Å². The Morgan fingerprint density at radius 3 is 2.70 bits per heavy atom. The molecule has 1 aromatic heterocycles. The highest BCUT2D eigenvalue weighted by molar-refractivity contribution is 5.86. The molecular weight excluding hydrogens is 291 g/mol. The van der Waals surface area contributed by atoms with Gasteiger partial charge >= 0.3 is 0 Å². The Hall–Kier alpha value is -2.17. The topological polar surface area (TPSA) is 37.2 Å². The number of para-hydroxylation sites is 1. The third-order valence-electron chi connectivity index (χ3n) is 4.68. The number of hydrogen-bond acceptors (Lipinski definition) is 2. The average Bonchev–Trinajstić information content (AvgIpc) is 2.90. The van der Waals surface area contributed by atoms with E-state index in [1.54, 1.807) is 0 Å². The van der Waals surface area contributed by atoms with Gasteiger partial charge in [0.25, 0.3) is 0 Å². The van der Waals surface area contributed by atoms with E-state index in [1.165, 1.54) is 34.3 Å². The quantitative estimate of drug-likeness (QED) is 0.780. The molecule has 0 spiro atoms. The van der Waals surface area contributed by atoms with Gasteiger partial charge in [-0.1, -0.05) is 30.3 Å². The molecule has 3 nitrogen and oxygen atoms in total. The summed E-state index contributed by atoms with van der Waals surface area (Å²) in [6.07, 6.45) is 0.836. The SMILES string of the molecule is OCC1Cc2c(n(Cc3ccc(F)cc3)c3ccccc23)CN1. The molecule has 1 aliphatic heterocycles. The Morgan fingerprint density at radius 1 is 1.13 bits per heavy atom. The molecule has 0 aliphatic carbocycles. The lowest BCUT2D eigenvalue weighted by molar-refractivity contribution is 0.235. The number of aliphatic hydroxyl groups is 1. The van der Waals surface area contributed by atoms with Crippen LogP contribution in [0.5, 0.6) is 0 Å². The van der Waals surface area contributed by atoms with Gasteiger partial charge in [0.05, 0.1) is 6.61 Å². The number of nitrogens with zero attached hydrogens (tertiary/aromatic N) is 1. The zero-order chi connectivity index (χ0) is 15.8. The van der Waals surface area contributed by atoms with Gasteiger partial charge in [-0.3, -0.25) is 0 Å². The summed E-state index contributed by atoms with van der Waals surface area (Å²) in [5, 5.41) is 14.1. The fraction of sp³-hybridized carbons (Fsp3) is 0.263. The molecule has 2 heterocycles. The molecule has 0 saturated carbocycles. The van der Waals surface area contributed by atoms with Gasteiger partial charge in [0.15, 0.2) is 0 Å². The summed E-state index contributed by atoms with van der Waals surface area (Å²) in [5.41, 5.74) is 4.86. The van der Waals surface area contributed by atoms with Gasteiger partial charge in [-0.25, -0.2) is 4.39 Å². The summed E-state index contributed by atoms with van der Waals surface area (Å²) in [5.74, 6) is -0.208. The number of aromatic nitrogens is 1. The van der Waals surface area contributed by atoms with Gasteiger partial charge in [-0.05, 0) is 35.7 Å². The molecule has 4 heteroatoms. The van der Waals surface area contributed by atoms with Crippen molar-refractivity contribution < 1.29 is 9.50 Å². The number of halogens is 1. The van der Waals surface area contributed by atoms with Crippen LogP contribution in [-0.4, -0.2) is 22.3 Å². The first kappa shape index (κ1) is 14.4. The molecule has 0 bridgehead atoms. The van der Waals surface area contributed by atoms with Crippen LogP contribution >= 0.6 is 0 Å². The summed E-state index contributed by atoms with van der Waals surface area (Å²) >= 11 is 0. The van der Waals surface area contributed by atoms with Crippen molar-refractivity contribution in [3.05, 3.63) is 71.2 Å². The molecule has 3 aromatic rings. The normalized spacial score (nSPS) is 17.4. The summed E-state index contributed by atoms with van der Waals surface area (Å²) in [4.78, 5) is 0. The number of nitrogens with one attached hydrogen (secondary N) is 1. The Kier molecular flexibility index (Phi) is 3.63. The molecule has 4 rings (SSSR count). The predicted molar refractivity (Wildman–Crippen MR) is 88.9 cm³/mol. The van der Waals surface area contributed by atoms with Crippen LogP contribution in [0.15, 0.2) is 48.5 Å². The molecule has 0 fully saturated rings. The predicted octanol–water partition coefficient (Wildman–Crippen LogP) is 2.84. The highest BCUT2D eigenvalue weighted by Crippen LogP contribution is 2.30. The van der Waals surface area contributed by atoms with E-state index >= 15 is 0 Å². The second kappa shape index (κ2) is 5.80. The van der Waals surface area contributed by atoms with E-state index in [4.69, 9.17) is 0 Å². The minimum absolute atomic E-state index is 0.118. The number of rotatable bonds is 3. The number of fused-ring (bicyclic) bond motifs is 3. The summed E-state index contributed by atoms with van der Waals surface area (Å²) in [6, 6.07) is 15.2. The van der Waals surface area contributed by atoms with Crippen LogP contribution in [0.3, 0.4) is 0 Å². The van der Waals surface area contributed by atoms with Crippen molar-refractivity contribution in [2.24, 2.45) is 0 Å². The van der Waals surface area contributed by atoms with Crippen LogP contribution in [0.1, 0.15) is 16.8 Å². The minimum atomic E-state index is -0.208. The van der Waals surface area contributed by atoms with Crippen LogP contribution in [0.4, 0.5) is 4.39 Å². The second-order valence-electron chi connectivity index (χ2n) is 6.12. The van der Waals surface area contributed by atoms with Crippen molar-refractivity contribution in [2.45, 2.75) is 25.6 Å². The second-order valence-corrected chi connectivity index (χ2v) is 6.12. The van der Waals surface area contributed by atoms with Crippen molar-refractivity contribution in [1.29, 1.82) is 0 Å². The summed E-state index contributed by atoms with van der Waals surface area (Å²) in [6.45, 7) is 1.62. The molecule has 23 heavy (non-hydrogen) atoms. The number of aliphatic hydroxyl groups excluding tert-OH is 1. The largest absolute Gasteiger partial charge is 0.395 e. The zero-order valence-electron chi connectivity index (χ0n) is 12.8. The van der Waals surface area contributed by atoms with E-state index in [0.29, 0.717) is 0 Å². The van der Waals surface area contributed by atoms with Gasteiger partial charge in [0.1, 0.15) is 5.82 Å². The van der Waals surface area contributed by atoms with Gasteiger partial charge in [0.2, 0.25) is 0 Å². The summed E-state index contributed by atoms with van der Waals surface area (Å²) < 4.78 is 15.4. The van der Waals surface area contributed by atoms with Gasteiger partial charge in [0, 0.05) is 35.7 Å². The first-order valence-electron chi connectivity index (χ1n) is 7.94. The molecule has 0 amide bonds. The fourth-order valence-electron chi connectivity index (χ4n) is 3.50. The van der Waals surface area contributed by atoms with Gasteiger partial charge in [-0.15, -0.1) is 0 Å². The van der Waals surface area contributed by atoms with Crippen LogP contribution in [-0.2, 0) is 19.5 Å². The Bertz CT molecular complexity index is 838. The molecule has 2 N–H and O–H groups in total. The maximum Gasteiger partial charge on any atom is 0.123 e. The van der Waals surface area contributed by atoms with E-state index < -0.39 is 0 Å². The molecular formula is C19H19FN2O. The average molecular weight is 310 g/mol. The lowest BCUT2D eigenvalue weighted by Crippen LogP contribution is -2.38. The first-order chi connectivity index (χ1) is 11.3. The fourth-order valence-corrected chi connectivity index (χ4v) is 3.50. The maximum absolute atomic E-state index is 13.1. The molecule has 1 aliphatic rings. The smallest absolute Gasteiger partial charge is 0.123 e. The van der Waals surface area contributed by atoms with E-state index in [-0.39, 0.29) is 18.5 Å². The molecule has 0 saturated heterocycles. The van der Waals surface area contributed by atoms with Crippen LogP contribution < -0.4 is 5.32 Å². The molecule has 0 radical (unpaired) electrons. The van der Waals surface area contributed by atoms with Crippen LogP contribution in [0.25, 0.3) is 10.9 Å². The van der Waals surface area contributed by atoms with Crippen LogP contribution in [0.2, 0.25) is 0 Å². The maximum atomic E-state index is 13.1. The summed E-state index contributed by atoms with van der Waals surface area (Å²) in [7, 11) is 0. The monoisotopic (exact) mass is 310 g/mol. The van der Waals surface area contributed by atoms with Crippen molar-refractivity contribution >= 4 is 10.9 Å². The van der Waals surface area contributed by atoms with Crippen molar-refractivity contribution in [2.75, 3.05) is 6.61 Å². The van der Waals surface area contributed by atoms with Crippen LogP contribution in [0, 0.1) is 5.82 Å². The molecule has 118 valence electrons. The van der Waals surface area contributed by atoms with Gasteiger partial charge in [-0.2, -0.15) is 0 Å². The zero-order valence-corrected chi connectivity index (χ0v) is 12.8. The van der Waals surface area contributed by atoms with Crippen molar-refractivity contribution in [1.82, 2.24) is 9.88 Å². The van der Waals surface area contributed by atoms with E-state index in [9.17, 15) is 9.50 Å². The highest BCUT2D eigenvalue weighted by atomic mass is 19.1. The third-order valence-corrected chi connectivity index (χ3v) is 4.68. The lowest BCUT2D eigenvalue weighted by atomic mass is 9.99. The standard InChI is InChI=1S/C19H19FN2O/c20-14-7-5-13(6-8-14)11-22-18-4-2-1-3-16(18)17-9-15(12-23)21-10-19(17)22/h1-8,15,21,23H,9-12H2.